The monoisotopic (exact) mass is 770 g/mol. The summed E-state index contributed by atoms with van der Waals surface area (Å²) in [5, 5.41) is 2.33. The molecule has 0 saturated heterocycles. The van der Waals surface area contributed by atoms with Gasteiger partial charge in [-0.2, -0.15) is 0 Å². The number of nitrogens with zero attached hydrogens (tertiary/aromatic N) is 4. The maximum Gasteiger partial charge on any atom is 0.216 e. The van der Waals surface area contributed by atoms with Crippen LogP contribution in [0.3, 0.4) is 0 Å². The van der Waals surface area contributed by atoms with Gasteiger partial charge in [-0.05, 0) is 85.0 Å². The van der Waals surface area contributed by atoms with Crippen LogP contribution in [0.2, 0.25) is 0 Å². The third kappa shape index (κ3) is 6.30. The molecule has 0 spiro atoms. The van der Waals surface area contributed by atoms with Crippen LogP contribution in [0.5, 0.6) is 0 Å². The van der Waals surface area contributed by atoms with Crippen LogP contribution in [0.25, 0.3) is 66.6 Å². The minimum absolute atomic E-state index is 0. The molecule has 8 rings (SSSR count). The summed E-state index contributed by atoms with van der Waals surface area (Å²) < 4.78 is 73.4. The normalized spacial score (nSPS) is 14.6. The topological polar surface area (TPSA) is 64.7 Å². The zero-order chi connectivity index (χ0) is 37.5. The van der Waals surface area contributed by atoms with Gasteiger partial charge in [-0.3, -0.25) is 4.98 Å². The fourth-order valence-corrected chi connectivity index (χ4v) is 4.97. The van der Waals surface area contributed by atoms with Gasteiger partial charge in [-0.25, -0.2) is 4.98 Å². The van der Waals surface area contributed by atoms with Crippen molar-refractivity contribution >= 4 is 33.0 Å². The van der Waals surface area contributed by atoms with E-state index >= 15 is 0 Å². The summed E-state index contributed by atoms with van der Waals surface area (Å²) in [6, 6.07) is 36.6. The second kappa shape index (κ2) is 12.9. The third-order valence-electron chi connectivity index (χ3n) is 7.09. The number of benzene rings is 3. The predicted molar refractivity (Wildman–Crippen MR) is 177 cm³/mol. The molecule has 8 aromatic rings. The van der Waals surface area contributed by atoms with Gasteiger partial charge in [0.1, 0.15) is 0 Å². The summed E-state index contributed by atoms with van der Waals surface area (Å²) in [6.45, 7) is -6.68. The summed E-state index contributed by atoms with van der Waals surface area (Å²) in [6.07, 6.45) is 3.09. The zero-order valence-corrected chi connectivity index (χ0v) is 25.9. The molecular weight excluding hydrogens is 733 g/mol. The molecule has 1 radical (unpaired) electrons. The van der Waals surface area contributed by atoms with Gasteiger partial charge in [0.15, 0.2) is 0 Å². The van der Waals surface area contributed by atoms with Crippen LogP contribution in [-0.4, -0.2) is 19.9 Å². The number of rotatable bonds is 3. The first kappa shape index (κ1) is 20.8. The van der Waals surface area contributed by atoms with E-state index in [4.69, 9.17) is 16.8 Å². The van der Waals surface area contributed by atoms with E-state index < -0.39 is 20.6 Å². The first-order chi connectivity index (χ1) is 25.1. The molecule has 0 fully saturated rings. The Morgan fingerprint density at radius 2 is 1.58 bits per heavy atom. The molecule has 0 N–H and O–H groups in total. The van der Waals surface area contributed by atoms with Gasteiger partial charge in [-0.15, -0.1) is 54.1 Å². The second-order valence-corrected chi connectivity index (χ2v) is 9.99. The molecule has 6 heteroatoms. The van der Waals surface area contributed by atoms with Crippen LogP contribution in [0.4, 0.5) is 0 Å². The van der Waals surface area contributed by atoms with Gasteiger partial charge in [-0.1, -0.05) is 41.3 Å². The Morgan fingerprint density at radius 1 is 0.689 bits per heavy atom. The fraction of sp³-hybridized carbons (Fsp3) is 0.0769. The van der Waals surface area contributed by atoms with Crippen LogP contribution >= 0.6 is 0 Å². The van der Waals surface area contributed by atoms with Crippen molar-refractivity contribution in [1.29, 1.82) is 0 Å². The third-order valence-corrected chi connectivity index (χ3v) is 7.09. The largest absolute Gasteiger partial charge is 0.486 e. The number of pyridine rings is 4. The number of furan rings is 1. The van der Waals surface area contributed by atoms with Gasteiger partial charge in [0, 0.05) is 67.0 Å². The minimum atomic E-state index is -2.33. The second-order valence-electron chi connectivity index (χ2n) is 9.99. The van der Waals surface area contributed by atoms with E-state index in [2.05, 4.69) is 32.1 Å². The zero-order valence-electron chi connectivity index (χ0n) is 32.5. The summed E-state index contributed by atoms with van der Waals surface area (Å²) in [7, 11) is 0. The molecule has 0 aliphatic rings. The Hall–Kier alpha value is -5.03. The molecule has 0 atom stereocenters. The summed E-state index contributed by atoms with van der Waals surface area (Å²) >= 11 is 0. The molecule has 3 aromatic carbocycles. The van der Waals surface area contributed by atoms with Crippen molar-refractivity contribution in [2.75, 3.05) is 0 Å². The van der Waals surface area contributed by atoms with Crippen LogP contribution in [0.1, 0.15) is 29.3 Å². The number of hydrogen-bond donors (Lipinski definition) is 0. The maximum atomic E-state index is 7.64. The molecule has 0 bridgehead atoms. The van der Waals surface area contributed by atoms with Crippen molar-refractivity contribution in [3.8, 4) is 33.6 Å². The number of aromatic nitrogens is 4. The average Bonchev–Trinajstić information content (AvgIpc) is 3.52. The molecule has 0 aliphatic heterocycles. The van der Waals surface area contributed by atoms with Crippen LogP contribution in [0, 0.1) is 32.7 Å². The molecular formula is C39H28IrN4O-2. The van der Waals surface area contributed by atoms with Crippen LogP contribution < -0.4 is 0 Å². The predicted octanol–water partition coefficient (Wildman–Crippen LogP) is 9.53. The van der Waals surface area contributed by atoms with E-state index in [1.165, 1.54) is 18.3 Å². The molecule has 5 heterocycles. The molecule has 0 aliphatic carbocycles. The smallest absolute Gasteiger partial charge is 0.216 e. The standard InChI is InChI=1S/C27H18N3O.C12H10N.Ir/c1-16-6-8-20-14-18(9-11-24(20)29-16)19-12-13-28-25(15-19)23-5-3-4-21-22-10-7-17(2)30-27(22)31-26(21)23;1-10-7-8-12(13-9-10)11-5-3-2-4-6-11;/h3-4,6-15H,1-2H3;2-5,7-9H,1H3;/q2*-1;/i1D3,2D3;1D3;. The van der Waals surface area contributed by atoms with Crippen molar-refractivity contribution in [2.45, 2.75) is 20.6 Å². The van der Waals surface area contributed by atoms with E-state index in [-0.39, 0.29) is 42.8 Å². The molecule has 5 aromatic heterocycles. The van der Waals surface area contributed by atoms with Crippen molar-refractivity contribution in [3.63, 3.8) is 0 Å². The van der Waals surface area contributed by atoms with E-state index in [1.807, 2.05) is 48.5 Å². The Bertz CT molecular complexity index is 2590. The molecule has 0 amide bonds. The summed E-state index contributed by atoms with van der Waals surface area (Å²) in [4.78, 5) is 17.2. The van der Waals surface area contributed by atoms with Crippen molar-refractivity contribution in [2.24, 2.45) is 0 Å². The van der Waals surface area contributed by atoms with E-state index in [1.54, 1.807) is 48.7 Å². The molecule has 5 nitrogen and oxygen atoms in total. The SMILES string of the molecule is [2H]C([2H])([2H])c1ccc(-c2[c-]cccc2)nc1.[2H]C([2H])([2H])c1ccc2cc(-c3ccnc(-c4[c-]ccc5c4oc4nc(C([2H])([2H])[2H])ccc45)c3)ccc2n1.[Ir]. The average molecular weight is 770 g/mol. The molecule has 221 valence electrons. The first-order valence-electron chi connectivity index (χ1n) is 18.2. The summed E-state index contributed by atoms with van der Waals surface area (Å²) in [5.74, 6) is 0. The quantitative estimate of drug-likeness (QED) is 0.168. The van der Waals surface area contributed by atoms with Crippen LogP contribution in [0.15, 0.2) is 120 Å². The van der Waals surface area contributed by atoms with Crippen molar-refractivity contribution in [1.82, 2.24) is 19.9 Å². The number of fused-ring (bicyclic) bond motifs is 4. The Kier molecular flexibility index (Phi) is 5.98. The van der Waals surface area contributed by atoms with Crippen molar-refractivity contribution in [3.05, 3.63) is 145 Å². The van der Waals surface area contributed by atoms with E-state index in [9.17, 15) is 0 Å². The Morgan fingerprint density at radius 3 is 2.40 bits per heavy atom. The van der Waals surface area contributed by atoms with Gasteiger partial charge >= 0.3 is 0 Å². The summed E-state index contributed by atoms with van der Waals surface area (Å²) in [5.41, 5.74) is 6.35. The van der Waals surface area contributed by atoms with Gasteiger partial charge in [0.2, 0.25) is 5.71 Å². The first-order valence-corrected chi connectivity index (χ1v) is 13.7. The fourth-order valence-electron chi connectivity index (χ4n) is 4.97. The minimum Gasteiger partial charge on any atom is -0.486 e. The number of hydrogen-bond acceptors (Lipinski definition) is 5. The van der Waals surface area contributed by atoms with Gasteiger partial charge in [0.25, 0.3) is 0 Å². The molecule has 45 heavy (non-hydrogen) atoms. The van der Waals surface area contributed by atoms with Gasteiger partial charge < -0.3 is 14.4 Å². The molecule has 0 saturated carbocycles. The van der Waals surface area contributed by atoms with E-state index in [0.717, 1.165) is 33.2 Å². The maximum absolute atomic E-state index is 7.64. The van der Waals surface area contributed by atoms with Gasteiger partial charge in [0.05, 0.1) is 11.1 Å². The Labute approximate surface area is 288 Å². The molecule has 0 unspecified atom stereocenters. The Balaban J connectivity index is 0.000000246. The van der Waals surface area contributed by atoms with E-state index in [0.29, 0.717) is 27.7 Å². The van der Waals surface area contributed by atoms with Crippen molar-refractivity contribution < 1.29 is 36.9 Å². The number of aryl methyl sites for hydroxylation is 3. The van der Waals surface area contributed by atoms with Crippen LogP contribution in [-0.2, 0) is 20.1 Å².